The molecule has 0 saturated heterocycles. The highest BCUT2D eigenvalue weighted by molar-refractivity contribution is 7.80. The number of alkyl carbamates (subject to hydrolysis) is 1. The molecule has 144 valence electrons. The summed E-state index contributed by atoms with van der Waals surface area (Å²) in [6, 6.07) is 8.56. The van der Waals surface area contributed by atoms with Gasteiger partial charge >= 0.3 is 6.09 Å². The lowest BCUT2D eigenvalue weighted by atomic mass is 10.0. The highest BCUT2D eigenvalue weighted by Crippen LogP contribution is 2.04. The molecule has 1 aromatic rings. The molecule has 4 N–H and O–H groups in total. The van der Waals surface area contributed by atoms with Crippen LogP contribution in [-0.4, -0.2) is 28.7 Å². The summed E-state index contributed by atoms with van der Waals surface area (Å²) in [6.45, 7) is 9.63. The van der Waals surface area contributed by atoms with E-state index in [1.807, 2.05) is 65.0 Å². The number of carbonyl (C=O) groups is 2. The lowest BCUT2D eigenvalue weighted by Crippen LogP contribution is -2.57. The van der Waals surface area contributed by atoms with Crippen LogP contribution in [0.5, 0.6) is 0 Å². The van der Waals surface area contributed by atoms with Gasteiger partial charge in [-0.25, -0.2) is 4.79 Å². The first-order valence-corrected chi connectivity index (χ1v) is 8.84. The van der Waals surface area contributed by atoms with E-state index in [1.165, 1.54) is 0 Å². The van der Waals surface area contributed by atoms with E-state index in [-0.39, 0.29) is 18.1 Å². The Balaban J connectivity index is 2.49. The lowest BCUT2D eigenvalue weighted by molar-refractivity contribution is -0.124. The fraction of sp³-hybridized carbons (Fsp3) is 0.500. The van der Waals surface area contributed by atoms with E-state index in [9.17, 15) is 9.59 Å². The van der Waals surface area contributed by atoms with E-state index in [0.29, 0.717) is 5.11 Å². The molecule has 1 atom stereocenters. The molecular weight excluding hydrogens is 352 g/mol. The van der Waals surface area contributed by atoms with Gasteiger partial charge in [-0.2, -0.15) is 0 Å². The lowest BCUT2D eigenvalue weighted by Gasteiger charge is -2.25. The van der Waals surface area contributed by atoms with Crippen LogP contribution in [0, 0.1) is 5.92 Å². The number of hydrogen-bond acceptors (Lipinski definition) is 4. The van der Waals surface area contributed by atoms with Crippen LogP contribution in [0.2, 0.25) is 0 Å². The monoisotopic (exact) mass is 380 g/mol. The summed E-state index contributed by atoms with van der Waals surface area (Å²) in [6.07, 6.45) is -0.655. The van der Waals surface area contributed by atoms with Gasteiger partial charge in [-0.1, -0.05) is 44.2 Å². The molecule has 0 aliphatic carbocycles. The molecular formula is C18H28N4O3S. The summed E-state index contributed by atoms with van der Waals surface area (Å²) in [5.41, 5.74) is 5.78. The number of rotatable bonds is 5. The molecule has 0 heterocycles. The number of ether oxygens (including phenoxy) is 1. The summed E-state index contributed by atoms with van der Waals surface area (Å²) in [7, 11) is 0. The van der Waals surface area contributed by atoms with Crippen molar-refractivity contribution in [2.45, 2.75) is 52.8 Å². The van der Waals surface area contributed by atoms with Gasteiger partial charge in [0.05, 0.1) is 0 Å². The molecule has 0 fully saturated rings. The van der Waals surface area contributed by atoms with Crippen molar-refractivity contribution >= 4 is 29.3 Å². The van der Waals surface area contributed by atoms with Crippen molar-refractivity contribution in [1.82, 2.24) is 21.5 Å². The molecule has 0 spiro atoms. The zero-order valence-electron chi connectivity index (χ0n) is 15.9. The standard InChI is InChI=1S/C18H28N4O3S/c1-12(2)14(15(23)21-22-16(26)20-18(3,4)5)19-17(24)25-11-13-9-7-6-8-10-13/h6-10,12,14H,11H2,1-5H3,(H,19,24)(H,21,23)(H2,20,22,26)/t14-/m0/s1. The zero-order valence-corrected chi connectivity index (χ0v) is 16.7. The van der Waals surface area contributed by atoms with Gasteiger partial charge in [0.15, 0.2) is 5.11 Å². The second-order valence-electron chi connectivity index (χ2n) is 7.25. The predicted molar refractivity (Wildman–Crippen MR) is 105 cm³/mol. The largest absolute Gasteiger partial charge is 0.445 e. The zero-order chi connectivity index (χ0) is 19.7. The molecule has 0 saturated carbocycles. The molecule has 8 heteroatoms. The molecule has 0 unspecified atom stereocenters. The first kappa shape index (κ1) is 21.7. The van der Waals surface area contributed by atoms with Gasteiger partial charge in [0, 0.05) is 5.54 Å². The first-order valence-electron chi connectivity index (χ1n) is 8.43. The third-order valence-electron chi connectivity index (χ3n) is 3.22. The molecule has 0 aliphatic rings. The molecule has 1 rings (SSSR count). The van der Waals surface area contributed by atoms with Gasteiger partial charge in [0.25, 0.3) is 5.91 Å². The molecule has 0 radical (unpaired) electrons. The number of carbonyl (C=O) groups excluding carboxylic acids is 2. The van der Waals surface area contributed by atoms with Crippen LogP contribution in [-0.2, 0) is 16.1 Å². The summed E-state index contributed by atoms with van der Waals surface area (Å²) in [4.78, 5) is 24.3. The number of hydrogen-bond donors (Lipinski definition) is 4. The Bertz CT molecular complexity index is 615. The molecule has 7 nitrogen and oxygen atoms in total. The minimum atomic E-state index is -0.761. The summed E-state index contributed by atoms with van der Waals surface area (Å²) in [5.74, 6) is -0.542. The Labute approximate surface area is 160 Å². The van der Waals surface area contributed by atoms with E-state index in [2.05, 4.69) is 21.5 Å². The normalized spacial score (nSPS) is 12.1. The van der Waals surface area contributed by atoms with Crippen LogP contribution < -0.4 is 21.5 Å². The van der Waals surface area contributed by atoms with Crippen molar-refractivity contribution in [2.75, 3.05) is 0 Å². The highest BCUT2D eigenvalue weighted by Gasteiger charge is 2.25. The molecule has 26 heavy (non-hydrogen) atoms. The quantitative estimate of drug-likeness (QED) is 0.463. The number of hydrazine groups is 1. The van der Waals surface area contributed by atoms with Gasteiger partial charge in [0.1, 0.15) is 12.6 Å². The van der Waals surface area contributed by atoms with Gasteiger partial charge in [-0.05, 0) is 44.5 Å². The smallest absolute Gasteiger partial charge is 0.408 e. The Hall–Kier alpha value is -2.35. The summed E-state index contributed by atoms with van der Waals surface area (Å²) >= 11 is 5.11. The number of amides is 2. The van der Waals surface area contributed by atoms with Gasteiger partial charge in [-0.15, -0.1) is 0 Å². The Kier molecular flexibility index (Phi) is 8.31. The molecule has 0 aromatic heterocycles. The van der Waals surface area contributed by atoms with E-state index in [0.717, 1.165) is 5.56 Å². The average molecular weight is 381 g/mol. The van der Waals surface area contributed by atoms with E-state index in [4.69, 9.17) is 17.0 Å². The van der Waals surface area contributed by atoms with Crippen LogP contribution in [0.1, 0.15) is 40.2 Å². The van der Waals surface area contributed by atoms with Crippen molar-refractivity contribution in [3.63, 3.8) is 0 Å². The minimum Gasteiger partial charge on any atom is -0.445 e. The Morgan fingerprint density at radius 1 is 1.12 bits per heavy atom. The maximum atomic E-state index is 12.3. The topological polar surface area (TPSA) is 91.5 Å². The predicted octanol–water partition coefficient (Wildman–Crippen LogP) is 2.23. The Morgan fingerprint density at radius 2 is 1.73 bits per heavy atom. The van der Waals surface area contributed by atoms with Crippen molar-refractivity contribution in [2.24, 2.45) is 5.92 Å². The maximum Gasteiger partial charge on any atom is 0.408 e. The number of thiocarbonyl (C=S) groups is 1. The fourth-order valence-corrected chi connectivity index (χ4v) is 2.35. The fourth-order valence-electron chi connectivity index (χ4n) is 1.99. The van der Waals surface area contributed by atoms with Gasteiger partial charge < -0.3 is 15.4 Å². The Morgan fingerprint density at radius 3 is 2.27 bits per heavy atom. The average Bonchev–Trinajstić information content (AvgIpc) is 2.55. The molecule has 1 aromatic carbocycles. The third kappa shape index (κ3) is 8.66. The van der Waals surface area contributed by atoms with Crippen LogP contribution in [0.4, 0.5) is 4.79 Å². The van der Waals surface area contributed by atoms with E-state index in [1.54, 1.807) is 0 Å². The van der Waals surface area contributed by atoms with Crippen molar-refractivity contribution in [1.29, 1.82) is 0 Å². The number of benzene rings is 1. The van der Waals surface area contributed by atoms with Crippen molar-refractivity contribution < 1.29 is 14.3 Å². The molecule has 0 bridgehead atoms. The summed E-state index contributed by atoms with van der Waals surface area (Å²) < 4.78 is 5.16. The minimum absolute atomic E-state index is 0.134. The van der Waals surface area contributed by atoms with Crippen molar-refractivity contribution in [3.05, 3.63) is 35.9 Å². The van der Waals surface area contributed by atoms with Crippen LogP contribution >= 0.6 is 12.2 Å². The third-order valence-corrected chi connectivity index (χ3v) is 3.43. The second-order valence-corrected chi connectivity index (χ2v) is 7.65. The number of nitrogens with one attached hydrogen (secondary N) is 4. The second kappa shape index (κ2) is 9.96. The summed E-state index contributed by atoms with van der Waals surface area (Å²) in [5, 5.41) is 5.89. The van der Waals surface area contributed by atoms with Gasteiger partial charge in [0.2, 0.25) is 0 Å². The maximum absolute atomic E-state index is 12.3. The van der Waals surface area contributed by atoms with Crippen LogP contribution in [0.25, 0.3) is 0 Å². The molecule has 0 aliphatic heterocycles. The highest BCUT2D eigenvalue weighted by atomic mass is 32.1. The van der Waals surface area contributed by atoms with Crippen LogP contribution in [0.3, 0.4) is 0 Å². The SMILES string of the molecule is CC(C)[C@H](NC(=O)OCc1ccccc1)C(=O)NNC(=S)NC(C)(C)C. The van der Waals surface area contributed by atoms with E-state index >= 15 is 0 Å². The van der Waals surface area contributed by atoms with Crippen molar-refractivity contribution in [3.8, 4) is 0 Å². The molecule has 2 amide bonds. The van der Waals surface area contributed by atoms with Gasteiger partial charge in [-0.3, -0.25) is 15.6 Å². The van der Waals surface area contributed by atoms with E-state index < -0.39 is 18.0 Å². The first-order chi connectivity index (χ1) is 12.1. The van der Waals surface area contributed by atoms with Crippen LogP contribution in [0.15, 0.2) is 30.3 Å².